The summed E-state index contributed by atoms with van der Waals surface area (Å²) in [6, 6.07) is 0.839. The summed E-state index contributed by atoms with van der Waals surface area (Å²) in [4.78, 5) is 29.4. The molecular weight excluding hydrogens is 414 g/mol. The second-order valence-electron chi connectivity index (χ2n) is 7.62. The van der Waals surface area contributed by atoms with Gasteiger partial charge in [-0.25, -0.2) is 15.0 Å². The number of aliphatic hydroxyl groups excluding tert-OH is 2. The van der Waals surface area contributed by atoms with E-state index in [4.69, 9.17) is 0 Å². The zero-order valence-corrected chi connectivity index (χ0v) is 17.7. The summed E-state index contributed by atoms with van der Waals surface area (Å²) in [5, 5.41) is 36.3. The molecule has 11 heteroatoms. The first-order chi connectivity index (χ1) is 15.3. The van der Waals surface area contributed by atoms with E-state index in [0.717, 1.165) is 0 Å². The van der Waals surface area contributed by atoms with Crippen LogP contribution in [0.1, 0.15) is 24.4 Å². The van der Waals surface area contributed by atoms with Gasteiger partial charge in [-0.05, 0) is 17.9 Å². The van der Waals surface area contributed by atoms with Gasteiger partial charge in [0, 0.05) is 25.9 Å². The highest BCUT2D eigenvalue weighted by molar-refractivity contribution is 5.84. The Morgan fingerprint density at radius 2 is 1.94 bits per heavy atom. The molecule has 0 bridgehead atoms. The Hall–Kier alpha value is -3.75. The largest absolute Gasteiger partial charge is 0.506 e. The van der Waals surface area contributed by atoms with Crippen molar-refractivity contribution in [1.82, 2.24) is 29.8 Å². The third-order valence-corrected chi connectivity index (χ3v) is 5.74. The molecule has 0 aliphatic heterocycles. The fraction of sp³-hybridized carbons (Fsp3) is 0.381. The minimum Gasteiger partial charge on any atom is -0.506 e. The van der Waals surface area contributed by atoms with Gasteiger partial charge in [0.15, 0.2) is 17.0 Å². The van der Waals surface area contributed by atoms with Crippen LogP contribution in [0.5, 0.6) is 5.75 Å². The Kier molecular flexibility index (Phi) is 5.65. The fourth-order valence-electron chi connectivity index (χ4n) is 4.22. The van der Waals surface area contributed by atoms with E-state index in [0.29, 0.717) is 22.5 Å². The van der Waals surface area contributed by atoms with E-state index >= 15 is 0 Å². The SMILES string of the molecule is CNC(=O)[C@H]1[C@H](C)[C@@H](n2cnc3c(NC)nc(C#Cc4cncc(O)c4)nc32)[C@H](O)[C@@H]1O. The minimum absolute atomic E-state index is 0.00408. The van der Waals surface area contributed by atoms with E-state index in [1.165, 1.54) is 31.8 Å². The molecule has 11 nitrogen and oxygen atoms in total. The molecule has 1 saturated carbocycles. The molecule has 0 saturated heterocycles. The lowest BCUT2D eigenvalue weighted by Gasteiger charge is -2.22. The average molecular weight is 437 g/mol. The van der Waals surface area contributed by atoms with Gasteiger partial charge in [-0.2, -0.15) is 0 Å². The Balaban J connectivity index is 1.79. The zero-order chi connectivity index (χ0) is 23.0. The number of carbonyl (C=O) groups is 1. The van der Waals surface area contributed by atoms with Crippen molar-refractivity contribution in [3.63, 3.8) is 0 Å². The van der Waals surface area contributed by atoms with Gasteiger partial charge in [-0.3, -0.25) is 9.78 Å². The Morgan fingerprint density at radius 1 is 1.16 bits per heavy atom. The molecule has 0 aromatic carbocycles. The number of hydrogen-bond donors (Lipinski definition) is 5. The second-order valence-corrected chi connectivity index (χ2v) is 7.62. The molecule has 32 heavy (non-hydrogen) atoms. The summed E-state index contributed by atoms with van der Waals surface area (Å²) in [5.74, 6) is 4.82. The summed E-state index contributed by atoms with van der Waals surface area (Å²) in [5.41, 5.74) is 1.36. The maximum absolute atomic E-state index is 12.3. The average Bonchev–Trinajstić information content (AvgIpc) is 3.29. The van der Waals surface area contributed by atoms with E-state index in [2.05, 4.69) is 42.4 Å². The number of nitrogens with zero attached hydrogens (tertiary/aromatic N) is 5. The van der Waals surface area contributed by atoms with Gasteiger partial charge in [0.25, 0.3) is 0 Å². The zero-order valence-electron chi connectivity index (χ0n) is 17.7. The first kappa shape index (κ1) is 21.5. The van der Waals surface area contributed by atoms with Crippen molar-refractivity contribution in [2.24, 2.45) is 11.8 Å². The van der Waals surface area contributed by atoms with E-state index in [1.54, 1.807) is 18.5 Å². The third-order valence-electron chi connectivity index (χ3n) is 5.74. The molecule has 1 amide bonds. The quantitative estimate of drug-likeness (QED) is 0.345. The summed E-state index contributed by atoms with van der Waals surface area (Å²) >= 11 is 0. The van der Waals surface area contributed by atoms with Crippen LogP contribution in [0.2, 0.25) is 0 Å². The molecule has 166 valence electrons. The predicted molar refractivity (Wildman–Crippen MR) is 115 cm³/mol. The number of fused-ring (bicyclic) bond motifs is 1. The van der Waals surface area contributed by atoms with Gasteiger partial charge in [-0.1, -0.05) is 12.8 Å². The van der Waals surface area contributed by atoms with Gasteiger partial charge in [0.1, 0.15) is 11.9 Å². The molecule has 1 aliphatic rings. The van der Waals surface area contributed by atoms with Crippen LogP contribution >= 0.6 is 0 Å². The van der Waals surface area contributed by atoms with E-state index in [-0.39, 0.29) is 17.5 Å². The van der Waals surface area contributed by atoms with Crippen molar-refractivity contribution in [1.29, 1.82) is 0 Å². The van der Waals surface area contributed by atoms with E-state index in [1.807, 2.05) is 0 Å². The first-order valence-electron chi connectivity index (χ1n) is 10.0. The smallest absolute Gasteiger partial charge is 0.225 e. The van der Waals surface area contributed by atoms with E-state index in [9.17, 15) is 20.1 Å². The predicted octanol–water partition coefficient (Wildman–Crippen LogP) is -0.357. The molecule has 5 atom stereocenters. The number of anilines is 1. The van der Waals surface area contributed by atoms with Crippen LogP contribution in [0.15, 0.2) is 24.8 Å². The number of aromatic nitrogens is 5. The van der Waals surface area contributed by atoms with Crippen LogP contribution in [-0.4, -0.2) is 72.0 Å². The van der Waals surface area contributed by atoms with Crippen molar-refractivity contribution in [3.8, 4) is 17.6 Å². The summed E-state index contributed by atoms with van der Waals surface area (Å²) < 4.78 is 1.65. The fourth-order valence-corrected chi connectivity index (χ4v) is 4.22. The molecule has 1 fully saturated rings. The summed E-state index contributed by atoms with van der Waals surface area (Å²) in [7, 11) is 3.18. The highest BCUT2D eigenvalue weighted by Gasteiger charge is 2.51. The Bertz CT molecular complexity index is 1230. The molecule has 0 spiro atoms. The standard InChI is InChI=1S/C21H23N7O4/c1-10-14(21(32)23-3)17(30)18(31)16(10)28-9-25-15-19(22-2)26-13(27-20(15)28)5-4-11-6-12(29)8-24-7-11/h6-10,14,16-18,29-31H,1-3H3,(H,23,32)(H,22,26,27)/t10-,14-,16+,17+,18-/m0/s1. The van der Waals surface area contributed by atoms with Gasteiger partial charge < -0.3 is 30.5 Å². The van der Waals surface area contributed by atoms with Crippen LogP contribution in [0, 0.1) is 23.7 Å². The van der Waals surface area contributed by atoms with Gasteiger partial charge in [-0.15, -0.1) is 0 Å². The molecule has 4 rings (SSSR count). The van der Waals surface area contributed by atoms with Crippen molar-refractivity contribution in [3.05, 3.63) is 36.2 Å². The lowest BCUT2D eigenvalue weighted by Crippen LogP contribution is -2.37. The van der Waals surface area contributed by atoms with Crippen LogP contribution in [-0.2, 0) is 4.79 Å². The second kappa shape index (κ2) is 8.41. The highest BCUT2D eigenvalue weighted by Crippen LogP contribution is 2.42. The molecule has 0 radical (unpaired) electrons. The number of nitrogens with one attached hydrogen (secondary N) is 2. The van der Waals surface area contributed by atoms with Crippen molar-refractivity contribution < 1.29 is 20.1 Å². The number of hydrogen-bond acceptors (Lipinski definition) is 9. The van der Waals surface area contributed by atoms with Crippen LogP contribution in [0.25, 0.3) is 11.2 Å². The summed E-state index contributed by atoms with van der Waals surface area (Å²) in [6.07, 6.45) is 1.91. The molecule has 3 heterocycles. The molecule has 3 aromatic heterocycles. The maximum atomic E-state index is 12.3. The number of pyridine rings is 1. The number of carbonyl (C=O) groups excluding carboxylic acids is 1. The van der Waals surface area contributed by atoms with Gasteiger partial charge >= 0.3 is 0 Å². The molecule has 5 N–H and O–H groups in total. The Morgan fingerprint density at radius 3 is 2.62 bits per heavy atom. The lowest BCUT2D eigenvalue weighted by molar-refractivity contribution is -0.129. The molecule has 3 aromatic rings. The van der Waals surface area contributed by atoms with Crippen LogP contribution < -0.4 is 10.6 Å². The Labute approximate surface area is 183 Å². The minimum atomic E-state index is -1.23. The molecular formula is C21H23N7O4. The molecule has 0 unspecified atom stereocenters. The lowest BCUT2D eigenvalue weighted by atomic mass is 9.94. The number of rotatable bonds is 3. The normalized spacial score (nSPS) is 24.7. The van der Waals surface area contributed by atoms with Crippen molar-refractivity contribution in [2.45, 2.75) is 25.2 Å². The van der Waals surface area contributed by atoms with Crippen molar-refractivity contribution in [2.75, 3.05) is 19.4 Å². The van der Waals surface area contributed by atoms with E-state index < -0.39 is 30.1 Å². The monoisotopic (exact) mass is 437 g/mol. The van der Waals surface area contributed by atoms with Crippen molar-refractivity contribution >= 4 is 22.9 Å². The van der Waals surface area contributed by atoms with Crippen LogP contribution in [0.3, 0.4) is 0 Å². The van der Waals surface area contributed by atoms with Crippen LogP contribution in [0.4, 0.5) is 5.82 Å². The highest BCUT2D eigenvalue weighted by atomic mass is 16.3. The number of aliphatic hydroxyl groups is 2. The number of imidazole rings is 1. The van der Waals surface area contributed by atoms with Gasteiger partial charge in [0.2, 0.25) is 11.7 Å². The first-order valence-corrected chi connectivity index (χ1v) is 10.0. The maximum Gasteiger partial charge on any atom is 0.225 e. The summed E-state index contributed by atoms with van der Waals surface area (Å²) in [6.45, 7) is 1.80. The number of amides is 1. The number of aromatic hydroxyl groups is 1. The topological polar surface area (TPSA) is 158 Å². The van der Waals surface area contributed by atoms with Gasteiger partial charge in [0.05, 0.1) is 30.6 Å². The third kappa shape index (κ3) is 3.59. The molecule has 1 aliphatic carbocycles.